The average Bonchev–Trinajstić information content (AvgIpc) is 2.33. The summed E-state index contributed by atoms with van der Waals surface area (Å²) in [5.74, 6) is 0. The summed E-state index contributed by atoms with van der Waals surface area (Å²) in [6.07, 6.45) is 1.04. The summed E-state index contributed by atoms with van der Waals surface area (Å²) in [5.41, 5.74) is 11.5. The van der Waals surface area contributed by atoms with Gasteiger partial charge in [0.05, 0.1) is 0 Å². The van der Waals surface area contributed by atoms with Gasteiger partial charge in [0.1, 0.15) is 0 Å². The van der Waals surface area contributed by atoms with E-state index in [-0.39, 0.29) is 5.54 Å². The van der Waals surface area contributed by atoms with Crippen LogP contribution in [0.5, 0.6) is 0 Å². The van der Waals surface area contributed by atoms with Crippen LogP contribution in [0.3, 0.4) is 0 Å². The number of nitrogens with zero attached hydrogens (tertiary/aromatic N) is 1. The van der Waals surface area contributed by atoms with Crippen LogP contribution in [0.15, 0.2) is 0 Å². The summed E-state index contributed by atoms with van der Waals surface area (Å²) >= 11 is 0. The van der Waals surface area contributed by atoms with Gasteiger partial charge in [-0.3, -0.25) is 4.90 Å². The first-order valence-electron chi connectivity index (χ1n) is 4.30. The Morgan fingerprint density at radius 2 is 2.18 bits per heavy atom. The van der Waals surface area contributed by atoms with Crippen LogP contribution in [0.25, 0.3) is 0 Å². The summed E-state index contributed by atoms with van der Waals surface area (Å²) < 4.78 is 0. The van der Waals surface area contributed by atoms with Gasteiger partial charge in [0.15, 0.2) is 0 Å². The molecular weight excluding hydrogens is 138 g/mol. The normalized spacial score (nSPS) is 33.5. The highest BCUT2D eigenvalue weighted by Crippen LogP contribution is 2.19. The second kappa shape index (κ2) is 3.09. The summed E-state index contributed by atoms with van der Waals surface area (Å²) in [4.78, 5) is 2.38. The molecule has 1 saturated heterocycles. The van der Waals surface area contributed by atoms with Gasteiger partial charge in [-0.05, 0) is 20.3 Å². The van der Waals surface area contributed by atoms with E-state index < -0.39 is 0 Å². The molecule has 1 heterocycles. The molecule has 0 radical (unpaired) electrons. The van der Waals surface area contributed by atoms with Gasteiger partial charge >= 0.3 is 0 Å². The van der Waals surface area contributed by atoms with Gasteiger partial charge in [-0.25, -0.2) is 0 Å². The third-order valence-electron chi connectivity index (χ3n) is 2.55. The molecule has 1 unspecified atom stereocenters. The summed E-state index contributed by atoms with van der Waals surface area (Å²) in [5, 5.41) is 0. The van der Waals surface area contributed by atoms with Crippen LogP contribution >= 0.6 is 0 Å². The Morgan fingerprint density at radius 1 is 1.55 bits per heavy atom. The molecule has 1 aliphatic heterocycles. The second-order valence-electron chi connectivity index (χ2n) is 3.88. The fourth-order valence-electron chi connectivity index (χ4n) is 1.54. The highest BCUT2D eigenvalue weighted by atomic mass is 15.2. The summed E-state index contributed by atoms with van der Waals surface area (Å²) in [6, 6.07) is 0.604. The van der Waals surface area contributed by atoms with E-state index >= 15 is 0 Å². The molecule has 1 rings (SSSR count). The molecule has 0 aliphatic carbocycles. The summed E-state index contributed by atoms with van der Waals surface area (Å²) in [7, 11) is 0. The van der Waals surface area contributed by atoms with Crippen LogP contribution in [0.2, 0.25) is 0 Å². The van der Waals surface area contributed by atoms with E-state index in [2.05, 4.69) is 18.7 Å². The maximum absolute atomic E-state index is 6.02. The van der Waals surface area contributed by atoms with Gasteiger partial charge in [-0.15, -0.1) is 0 Å². The van der Waals surface area contributed by atoms with Gasteiger partial charge in [0, 0.05) is 31.2 Å². The van der Waals surface area contributed by atoms with E-state index in [0.29, 0.717) is 12.6 Å². The number of hydrogen-bond acceptors (Lipinski definition) is 3. The van der Waals surface area contributed by atoms with Crippen LogP contribution in [0.1, 0.15) is 20.3 Å². The Morgan fingerprint density at radius 3 is 2.45 bits per heavy atom. The maximum Gasteiger partial charge on any atom is 0.0419 e. The fraction of sp³-hybridized carbons (Fsp3) is 1.00. The first kappa shape index (κ1) is 8.97. The van der Waals surface area contributed by atoms with Gasteiger partial charge in [0.25, 0.3) is 0 Å². The van der Waals surface area contributed by atoms with Gasteiger partial charge < -0.3 is 11.5 Å². The smallest absolute Gasteiger partial charge is 0.0419 e. The number of rotatable bonds is 2. The number of hydrogen-bond donors (Lipinski definition) is 2. The minimum atomic E-state index is -0.107. The molecule has 0 saturated carbocycles. The quantitative estimate of drug-likeness (QED) is 0.581. The zero-order valence-electron chi connectivity index (χ0n) is 7.51. The Bertz CT molecular complexity index is 135. The van der Waals surface area contributed by atoms with Gasteiger partial charge in [0.2, 0.25) is 0 Å². The maximum atomic E-state index is 6.02. The van der Waals surface area contributed by atoms with Crippen molar-refractivity contribution in [3.63, 3.8) is 0 Å². The van der Waals surface area contributed by atoms with Crippen LogP contribution in [-0.2, 0) is 0 Å². The first-order valence-corrected chi connectivity index (χ1v) is 4.30. The predicted octanol–water partition coefficient (Wildman–Crippen LogP) is -0.243. The van der Waals surface area contributed by atoms with E-state index in [4.69, 9.17) is 11.5 Å². The topological polar surface area (TPSA) is 55.3 Å². The number of nitrogens with two attached hydrogens (primary N) is 2. The van der Waals surface area contributed by atoms with Gasteiger partial charge in [-0.1, -0.05) is 0 Å². The SMILES string of the molecule is CC(C)N1CCC(N)(CN)C1. The zero-order valence-corrected chi connectivity index (χ0v) is 7.51. The lowest BCUT2D eigenvalue weighted by Crippen LogP contribution is -2.49. The monoisotopic (exact) mass is 157 g/mol. The minimum Gasteiger partial charge on any atom is -0.329 e. The molecule has 0 amide bonds. The fourth-order valence-corrected chi connectivity index (χ4v) is 1.54. The molecule has 1 atom stereocenters. The van der Waals surface area contributed by atoms with Crippen molar-refractivity contribution >= 4 is 0 Å². The van der Waals surface area contributed by atoms with Crippen LogP contribution < -0.4 is 11.5 Å². The molecule has 4 N–H and O–H groups in total. The van der Waals surface area contributed by atoms with Crippen LogP contribution in [0.4, 0.5) is 0 Å². The van der Waals surface area contributed by atoms with E-state index in [0.717, 1.165) is 19.5 Å². The standard InChI is InChI=1S/C8H19N3/c1-7(2)11-4-3-8(10,5-9)6-11/h7H,3-6,9-10H2,1-2H3. The molecule has 0 bridgehead atoms. The molecule has 3 nitrogen and oxygen atoms in total. The van der Waals surface area contributed by atoms with E-state index in [9.17, 15) is 0 Å². The molecule has 1 aliphatic rings. The van der Waals surface area contributed by atoms with Crippen molar-refractivity contribution in [2.75, 3.05) is 19.6 Å². The van der Waals surface area contributed by atoms with E-state index in [1.165, 1.54) is 0 Å². The largest absolute Gasteiger partial charge is 0.329 e. The van der Waals surface area contributed by atoms with Crippen molar-refractivity contribution in [3.8, 4) is 0 Å². The summed E-state index contributed by atoms with van der Waals surface area (Å²) in [6.45, 7) is 7.06. The van der Waals surface area contributed by atoms with Crippen molar-refractivity contribution in [2.24, 2.45) is 11.5 Å². The lowest BCUT2D eigenvalue weighted by molar-refractivity contribution is 0.258. The second-order valence-corrected chi connectivity index (χ2v) is 3.88. The van der Waals surface area contributed by atoms with Crippen molar-refractivity contribution in [3.05, 3.63) is 0 Å². The van der Waals surface area contributed by atoms with Crippen molar-refractivity contribution in [2.45, 2.75) is 31.8 Å². The van der Waals surface area contributed by atoms with Crippen LogP contribution in [0, 0.1) is 0 Å². The highest BCUT2D eigenvalue weighted by molar-refractivity contribution is 4.95. The van der Waals surface area contributed by atoms with E-state index in [1.54, 1.807) is 0 Å². The zero-order chi connectivity index (χ0) is 8.48. The molecule has 0 aromatic heterocycles. The molecule has 3 heteroatoms. The van der Waals surface area contributed by atoms with Crippen molar-refractivity contribution in [1.82, 2.24) is 4.90 Å². The van der Waals surface area contributed by atoms with E-state index in [1.807, 2.05) is 0 Å². The van der Waals surface area contributed by atoms with Crippen molar-refractivity contribution < 1.29 is 0 Å². The predicted molar refractivity (Wildman–Crippen MR) is 47.3 cm³/mol. The Balaban J connectivity index is 2.46. The first-order chi connectivity index (χ1) is 5.07. The highest BCUT2D eigenvalue weighted by Gasteiger charge is 2.33. The van der Waals surface area contributed by atoms with Gasteiger partial charge in [-0.2, -0.15) is 0 Å². The Hall–Kier alpha value is -0.120. The molecule has 11 heavy (non-hydrogen) atoms. The minimum absolute atomic E-state index is 0.107. The lowest BCUT2D eigenvalue weighted by Gasteiger charge is -2.24. The molecular formula is C8H19N3. The number of likely N-dealkylation sites (tertiary alicyclic amines) is 1. The molecule has 1 fully saturated rings. The average molecular weight is 157 g/mol. The third-order valence-corrected chi connectivity index (χ3v) is 2.55. The molecule has 0 spiro atoms. The Kier molecular flexibility index (Phi) is 2.52. The van der Waals surface area contributed by atoms with Crippen molar-refractivity contribution in [1.29, 1.82) is 0 Å². The van der Waals surface area contributed by atoms with Crippen LogP contribution in [-0.4, -0.2) is 36.1 Å². The Labute approximate surface area is 68.7 Å². The third kappa shape index (κ3) is 1.92. The molecule has 0 aromatic carbocycles. The lowest BCUT2D eigenvalue weighted by atomic mass is 10.0. The molecule has 66 valence electrons. The molecule has 0 aromatic rings.